The van der Waals surface area contributed by atoms with Gasteiger partial charge in [-0.25, -0.2) is 0 Å². The van der Waals surface area contributed by atoms with E-state index in [1.165, 1.54) is 5.56 Å². The van der Waals surface area contributed by atoms with Crippen LogP contribution in [0.2, 0.25) is 0 Å². The highest BCUT2D eigenvalue weighted by molar-refractivity contribution is 9.10. The summed E-state index contributed by atoms with van der Waals surface area (Å²) in [5, 5.41) is 7.13. The summed E-state index contributed by atoms with van der Waals surface area (Å²) in [4.78, 5) is 0. The third-order valence-electron chi connectivity index (χ3n) is 4.93. The van der Waals surface area contributed by atoms with Gasteiger partial charge in [-0.2, -0.15) is 5.10 Å². The molecule has 0 saturated heterocycles. The van der Waals surface area contributed by atoms with Gasteiger partial charge in [0.25, 0.3) is 0 Å². The van der Waals surface area contributed by atoms with E-state index in [9.17, 15) is 0 Å². The van der Waals surface area contributed by atoms with E-state index in [1.807, 2.05) is 18.2 Å². The van der Waals surface area contributed by atoms with Gasteiger partial charge in [0.05, 0.1) is 18.9 Å². The first-order valence-corrected chi connectivity index (χ1v) is 9.81. The fraction of sp³-hybridized carbons (Fsp3) is 0.381. The van der Waals surface area contributed by atoms with Gasteiger partial charge >= 0.3 is 0 Å². The maximum absolute atomic E-state index is 6.31. The summed E-state index contributed by atoms with van der Waals surface area (Å²) in [6.45, 7) is 4.44. The molecule has 0 bridgehead atoms. The number of fused-ring (bicyclic) bond motifs is 3. The van der Waals surface area contributed by atoms with Crippen molar-refractivity contribution in [2.24, 2.45) is 11.0 Å². The minimum Gasteiger partial charge on any atom is -0.497 e. The first-order chi connectivity index (χ1) is 12.5. The van der Waals surface area contributed by atoms with E-state index in [2.05, 4.69) is 59.1 Å². The molecule has 0 amide bonds. The summed E-state index contributed by atoms with van der Waals surface area (Å²) < 4.78 is 12.7. The maximum Gasteiger partial charge on any atom is 0.188 e. The van der Waals surface area contributed by atoms with E-state index in [1.54, 1.807) is 7.11 Å². The Morgan fingerprint density at radius 3 is 2.69 bits per heavy atom. The number of nitrogens with zero attached hydrogens (tertiary/aromatic N) is 2. The quantitative estimate of drug-likeness (QED) is 0.673. The monoisotopic (exact) mass is 414 g/mol. The first kappa shape index (κ1) is 17.4. The Balaban J connectivity index is 1.70. The van der Waals surface area contributed by atoms with Crippen LogP contribution in [0.3, 0.4) is 0 Å². The van der Waals surface area contributed by atoms with Crippen LogP contribution >= 0.6 is 15.9 Å². The Kier molecular flexibility index (Phi) is 4.65. The molecule has 0 fully saturated rings. The third kappa shape index (κ3) is 3.20. The standard InChI is InChI=1S/C21H23BrN2O2/c1-13(2)10-21-24-19(17-11-15(22)6-9-20(17)26-21)12-18(23-24)14-4-7-16(25-3)8-5-14/h4-9,11,13,19,21H,10,12H2,1-3H3/t19-,21+/m0/s1. The van der Waals surface area contributed by atoms with E-state index in [0.717, 1.165) is 40.1 Å². The second kappa shape index (κ2) is 6.95. The maximum atomic E-state index is 6.31. The lowest BCUT2D eigenvalue weighted by Crippen LogP contribution is -2.41. The summed E-state index contributed by atoms with van der Waals surface area (Å²) in [5.74, 6) is 2.38. The second-order valence-corrected chi connectivity index (χ2v) is 8.18. The summed E-state index contributed by atoms with van der Waals surface area (Å²) in [7, 11) is 1.69. The number of hydrazone groups is 1. The number of ether oxygens (including phenoxy) is 2. The third-order valence-corrected chi connectivity index (χ3v) is 5.42. The van der Waals surface area contributed by atoms with Crippen LogP contribution in [0.15, 0.2) is 52.0 Å². The number of methoxy groups -OCH3 is 1. The molecule has 0 saturated carbocycles. The average Bonchev–Trinajstić information content (AvgIpc) is 3.08. The normalized spacial score (nSPS) is 21.1. The fourth-order valence-electron chi connectivity index (χ4n) is 3.65. The number of hydrogen-bond acceptors (Lipinski definition) is 4. The second-order valence-electron chi connectivity index (χ2n) is 7.26. The molecule has 0 unspecified atom stereocenters. The van der Waals surface area contributed by atoms with Crippen LogP contribution in [-0.4, -0.2) is 24.1 Å². The van der Waals surface area contributed by atoms with Crippen molar-refractivity contribution >= 4 is 21.6 Å². The Morgan fingerprint density at radius 1 is 1.23 bits per heavy atom. The highest BCUT2D eigenvalue weighted by Crippen LogP contribution is 2.45. The van der Waals surface area contributed by atoms with Crippen LogP contribution in [0.1, 0.15) is 43.9 Å². The van der Waals surface area contributed by atoms with E-state index in [4.69, 9.17) is 14.6 Å². The van der Waals surface area contributed by atoms with Crippen LogP contribution in [0.25, 0.3) is 0 Å². The first-order valence-electron chi connectivity index (χ1n) is 9.01. The molecule has 2 atom stereocenters. The number of rotatable bonds is 4. The van der Waals surface area contributed by atoms with E-state index in [-0.39, 0.29) is 12.3 Å². The molecule has 0 N–H and O–H groups in total. The summed E-state index contributed by atoms with van der Waals surface area (Å²) >= 11 is 3.59. The smallest absolute Gasteiger partial charge is 0.188 e. The van der Waals surface area contributed by atoms with Crippen molar-refractivity contribution in [3.8, 4) is 11.5 Å². The van der Waals surface area contributed by atoms with Gasteiger partial charge < -0.3 is 9.47 Å². The zero-order valence-electron chi connectivity index (χ0n) is 15.3. The minimum absolute atomic E-state index is 0.0237. The molecule has 4 nitrogen and oxygen atoms in total. The van der Waals surface area contributed by atoms with Crippen molar-refractivity contribution in [2.45, 2.75) is 39.0 Å². The Bertz CT molecular complexity index is 832. The lowest BCUT2D eigenvalue weighted by molar-refractivity contribution is -0.0291. The zero-order chi connectivity index (χ0) is 18.3. The van der Waals surface area contributed by atoms with Gasteiger partial charge in [0.1, 0.15) is 11.5 Å². The van der Waals surface area contributed by atoms with Gasteiger partial charge in [0, 0.05) is 22.9 Å². The van der Waals surface area contributed by atoms with Crippen molar-refractivity contribution in [1.29, 1.82) is 0 Å². The van der Waals surface area contributed by atoms with Gasteiger partial charge in [-0.3, -0.25) is 5.01 Å². The molecular weight excluding hydrogens is 392 g/mol. The van der Waals surface area contributed by atoms with Gasteiger partial charge in [0.15, 0.2) is 6.23 Å². The number of halogens is 1. The fourth-order valence-corrected chi connectivity index (χ4v) is 4.03. The van der Waals surface area contributed by atoms with E-state index < -0.39 is 0 Å². The zero-order valence-corrected chi connectivity index (χ0v) is 16.9. The summed E-state index contributed by atoms with van der Waals surface area (Å²) in [6, 6.07) is 14.6. The molecule has 2 aromatic rings. The molecular formula is C21H23BrN2O2. The molecule has 2 aliphatic heterocycles. The van der Waals surface area contributed by atoms with Crippen LogP contribution in [0, 0.1) is 5.92 Å². The molecule has 0 radical (unpaired) electrons. The Hall–Kier alpha value is -2.01. The van der Waals surface area contributed by atoms with E-state index in [0.29, 0.717) is 5.92 Å². The predicted octanol–water partition coefficient (Wildman–Crippen LogP) is 5.37. The minimum atomic E-state index is -0.0237. The van der Waals surface area contributed by atoms with Crippen LogP contribution in [0.4, 0.5) is 0 Å². The molecule has 0 aromatic heterocycles. The van der Waals surface area contributed by atoms with Crippen molar-refractivity contribution in [3.05, 3.63) is 58.1 Å². The average molecular weight is 415 g/mol. The molecule has 0 aliphatic carbocycles. The van der Waals surface area contributed by atoms with Gasteiger partial charge in [-0.05, 0) is 53.9 Å². The molecule has 5 heteroatoms. The Morgan fingerprint density at radius 2 is 2.00 bits per heavy atom. The largest absolute Gasteiger partial charge is 0.497 e. The Labute approximate surface area is 162 Å². The van der Waals surface area contributed by atoms with Gasteiger partial charge in [0.2, 0.25) is 0 Å². The van der Waals surface area contributed by atoms with Gasteiger partial charge in [-0.15, -0.1) is 0 Å². The predicted molar refractivity (Wildman–Crippen MR) is 107 cm³/mol. The van der Waals surface area contributed by atoms with Crippen LogP contribution in [-0.2, 0) is 0 Å². The lowest BCUT2D eigenvalue weighted by Gasteiger charge is -2.38. The molecule has 26 heavy (non-hydrogen) atoms. The highest BCUT2D eigenvalue weighted by Gasteiger charge is 2.40. The molecule has 2 heterocycles. The molecule has 0 spiro atoms. The number of benzene rings is 2. The van der Waals surface area contributed by atoms with Crippen molar-refractivity contribution in [1.82, 2.24) is 5.01 Å². The molecule has 4 rings (SSSR count). The van der Waals surface area contributed by atoms with Gasteiger partial charge in [-0.1, -0.05) is 29.8 Å². The number of hydrogen-bond donors (Lipinski definition) is 0. The molecule has 2 aromatic carbocycles. The topological polar surface area (TPSA) is 34.1 Å². The van der Waals surface area contributed by atoms with Crippen molar-refractivity contribution < 1.29 is 9.47 Å². The van der Waals surface area contributed by atoms with Crippen LogP contribution in [0.5, 0.6) is 11.5 Å². The molecule has 2 aliphatic rings. The van der Waals surface area contributed by atoms with E-state index >= 15 is 0 Å². The van der Waals surface area contributed by atoms with Crippen LogP contribution < -0.4 is 9.47 Å². The summed E-state index contributed by atoms with van der Waals surface area (Å²) in [5.41, 5.74) is 3.44. The molecule has 136 valence electrons. The van der Waals surface area contributed by atoms with Crippen molar-refractivity contribution in [2.75, 3.05) is 7.11 Å². The van der Waals surface area contributed by atoms with Crippen molar-refractivity contribution in [3.63, 3.8) is 0 Å². The summed E-state index contributed by atoms with van der Waals surface area (Å²) in [6.07, 6.45) is 1.81. The SMILES string of the molecule is COc1ccc(C2=NN3[C@@H](CC(C)C)Oc4ccc(Br)cc4[C@@H]3C2)cc1. The lowest BCUT2D eigenvalue weighted by atomic mass is 9.95. The highest BCUT2D eigenvalue weighted by atomic mass is 79.9.